The van der Waals surface area contributed by atoms with Crippen LogP contribution in [0.15, 0.2) is 0 Å². The van der Waals surface area contributed by atoms with E-state index in [9.17, 15) is 0 Å². The Morgan fingerprint density at radius 3 is 2.60 bits per heavy atom. The Morgan fingerprint density at radius 1 is 1.40 bits per heavy atom. The van der Waals surface area contributed by atoms with Gasteiger partial charge in [-0.1, -0.05) is 13.8 Å². The topological polar surface area (TPSA) is 12.0 Å². The highest BCUT2D eigenvalue weighted by atomic mass is 14.9. The van der Waals surface area contributed by atoms with Crippen molar-refractivity contribution >= 4 is 0 Å². The zero-order chi connectivity index (χ0) is 7.40. The Morgan fingerprint density at radius 2 is 2.10 bits per heavy atom. The molecule has 1 N–H and O–H groups in total. The SMILES string of the molecule is CC(C)CCCNC1CC1. The Hall–Kier alpha value is -0.0400. The second-order valence-corrected chi connectivity index (χ2v) is 3.76. The molecule has 0 aromatic rings. The Bertz CT molecular complexity index is 80.7. The van der Waals surface area contributed by atoms with E-state index < -0.39 is 0 Å². The first kappa shape index (κ1) is 8.06. The van der Waals surface area contributed by atoms with E-state index in [1.165, 1.54) is 32.2 Å². The summed E-state index contributed by atoms with van der Waals surface area (Å²) in [6.07, 6.45) is 5.57. The molecule has 10 heavy (non-hydrogen) atoms. The van der Waals surface area contributed by atoms with Crippen molar-refractivity contribution in [2.24, 2.45) is 5.92 Å². The Kier molecular flexibility index (Phi) is 3.20. The lowest BCUT2D eigenvalue weighted by molar-refractivity contribution is 0.526. The summed E-state index contributed by atoms with van der Waals surface area (Å²) in [4.78, 5) is 0. The second-order valence-electron chi connectivity index (χ2n) is 3.76. The average Bonchev–Trinajstić information content (AvgIpc) is 2.62. The van der Waals surface area contributed by atoms with Gasteiger partial charge in [0.15, 0.2) is 0 Å². The van der Waals surface area contributed by atoms with Gasteiger partial charge in [-0.15, -0.1) is 0 Å². The number of nitrogens with one attached hydrogen (secondary N) is 1. The third-order valence-corrected chi connectivity index (χ3v) is 1.97. The summed E-state index contributed by atoms with van der Waals surface area (Å²) in [7, 11) is 0. The van der Waals surface area contributed by atoms with Crippen molar-refractivity contribution < 1.29 is 0 Å². The summed E-state index contributed by atoms with van der Waals surface area (Å²) in [5.41, 5.74) is 0. The van der Waals surface area contributed by atoms with Crippen LogP contribution in [0.5, 0.6) is 0 Å². The molecule has 0 aromatic heterocycles. The van der Waals surface area contributed by atoms with Crippen LogP contribution in [0.1, 0.15) is 39.5 Å². The van der Waals surface area contributed by atoms with Crippen LogP contribution in [0.25, 0.3) is 0 Å². The van der Waals surface area contributed by atoms with Gasteiger partial charge in [-0.2, -0.15) is 0 Å². The van der Waals surface area contributed by atoms with Gasteiger partial charge in [0.05, 0.1) is 0 Å². The standard InChI is InChI=1S/C9H19N/c1-8(2)4-3-7-10-9-5-6-9/h8-10H,3-7H2,1-2H3. The fraction of sp³-hybridized carbons (Fsp3) is 1.00. The quantitative estimate of drug-likeness (QED) is 0.579. The van der Waals surface area contributed by atoms with E-state index in [2.05, 4.69) is 19.2 Å². The highest BCUT2D eigenvalue weighted by Gasteiger charge is 2.19. The molecule has 0 spiro atoms. The predicted octanol–water partition coefficient (Wildman–Crippen LogP) is 2.17. The van der Waals surface area contributed by atoms with E-state index in [1.54, 1.807) is 0 Å². The molecule has 1 saturated carbocycles. The van der Waals surface area contributed by atoms with Crippen molar-refractivity contribution in [3.05, 3.63) is 0 Å². The van der Waals surface area contributed by atoms with Gasteiger partial charge in [-0.25, -0.2) is 0 Å². The van der Waals surface area contributed by atoms with Crippen LogP contribution in [0.2, 0.25) is 0 Å². The van der Waals surface area contributed by atoms with Crippen LogP contribution in [-0.4, -0.2) is 12.6 Å². The van der Waals surface area contributed by atoms with Gasteiger partial charge in [-0.3, -0.25) is 0 Å². The lowest BCUT2D eigenvalue weighted by atomic mass is 10.1. The van der Waals surface area contributed by atoms with E-state index in [4.69, 9.17) is 0 Å². The van der Waals surface area contributed by atoms with Crippen LogP contribution >= 0.6 is 0 Å². The maximum atomic E-state index is 3.51. The second kappa shape index (κ2) is 3.97. The van der Waals surface area contributed by atoms with E-state index >= 15 is 0 Å². The van der Waals surface area contributed by atoms with Crippen molar-refractivity contribution in [1.29, 1.82) is 0 Å². The molecule has 1 rings (SSSR count). The average molecular weight is 141 g/mol. The molecule has 0 bridgehead atoms. The van der Waals surface area contributed by atoms with Crippen LogP contribution in [0.4, 0.5) is 0 Å². The molecule has 0 saturated heterocycles. The van der Waals surface area contributed by atoms with Gasteiger partial charge in [-0.05, 0) is 38.1 Å². The molecule has 0 atom stereocenters. The molecule has 0 heterocycles. The van der Waals surface area contributed by atoms with E-state index in [0.717, 1.165) is 12.0 Å². The summed E-state index contributed by atoms with van der Waals surface area (Å²) in [6.45, 7) is 5.82. The third kappa shape index (κ3) is 3.89. The highest BCUT2D eigenvalue weighted by molar-refractivity contribution is 4.80. The first-order chi connectivity index (χ1) is 4.79. The molecule has 1 aliphatic rings. The molecular formula is C9H19N. The van der Waals surface area contributed by atoms with Gasteiger partial charge in [0.25, 0.3) is 0 Å². The molecule has 1 nitrogen and oxygen atoms in total. The molecule has 0 radical (unpaired) electrons. The van der Waals surface area contributed by atoms with Crippen molar-refractivity contribution in [3.8, 4) is 0 Å². The molecule has 1 fully saturated rings. The van der Waals surface area contributed by atoms with Crippen molar-refractivity contribution in [1.82, 2.24) is 5.32 Å². The van der Waals surface area contributed by atoms with Gasteiger partial charge < -0.3 is 5.32 Å². The third-order valence-electron chi connectivity index (χ3n) is 1.97. The molecule has 0 aliphatic heterocycles. The zero-order valence-electron chi connectivity index (χ0n) is 7.19. The van der Waals surface area contributed by atoms with Crippen molar-refractivity contribution in [2.75, 3.05) is 6.54 Å². The van der Waals surface area contributed by atoms with E-state index in [0.29, 0.717) is 0 Å². The predicted molar refractivity (Wildman–Crippen MR) is 45.1 cm³/mol. The minimum atomic E-state index is 0.876. The fourth-order valence-electron chi connectivity index (χ4n) is 1.10. The van der Waals surface area contributed by atoms with E-state index in [1.807, 2.05) is 0 Å². The number of hydrogen-bond donors (Lipinski definition) is 1. The number of rotatable bonds is 5. The lowest BCUT2D eigenvalue weighted by Crippen LogP contribution is -2.17. The smallest absolute Gasteiger partial charge is 0.00682 e. The van der Waals surface area contributed by atoms with Gasteiger partial charge in [0.2, 0.25) is 0 Å². The first-order valence-corrected chi connectivity index (χ1v) is 4.52. The summed E-state index contributed by atoms with van der Waals surface area (Å²) >= 11 is 0. The molecule has 0 unspecified atom stereocenters. The van der Waals surface area contributed by atoms with Gasteiger partial charge in [0, 0.05) is 6.04 Å². The van der Waals surface area contributed by atoms with Crippen LogP contribution < -0.4 is 5.32 Å². The van der Waals surface area contributed by atoms with Crippen molar-refractivity contribution in [3.63, 3.8) is 0 Å². The maximum Gasteiger partial charge on any atom is 0.00682 e. The Balaban J connectivity index is 1.76. The molecule has 0 amide bonds. The van der Waals surface area contributed by atoms with Crippen LogP contribution in [-0.2, 0) is 0 Å². The summed E-state index contributed by atoms with van der Waals surface area (Å²) in [5.74, 6) is 0.876. The fourth-order valence-corrected chi connectivity index (χ4v) is 1.10. The molecule has 1 heteroatoms. The molecular weight excluding hydrogens is 122 g/mol. The Labute approximate surface area is 64.2 Å². The molecule has 0 aromatic carbocycles. The lowest BCUT2D eigenvalue weighted by Gasteiger charge is -2.04. The minimum Gasteiger partial charge on any atom is -0.314 e. The summed E-state index contributed by atoms with van der Waals surface area (Å²) in [6, 6.07) is 0.896. The first-order valence-electron chi connectivity index (χ1n) is 4.52. The summed E-state index contributed by atoms with van der Waals surface area (Å²) < 4.78 is 0. The summed E-state index contributed by atoms with van der Waals surface area (Å²) in [5, 5.41) is 3.51. The minimum absolute atomic E-state index is 0.876. The van der Waals surface area contributed by atoms with Crippen LogP contribution in [0.3, 0.4) is 0 Å². The number of hydrogen-bond acceptors (Lipinski definition) is 1. The highest BCUT2D eigenvalue weighted by Crippen LogP contribution is 2.18. The molecule has 60 valence electrons. The van der Waals surface area contributed by atoms with Gasteiger partial charge >= 0.3 is 0 Å². The molecule has 1 aliphatic carbocycles. The van der Waals surface area contributed by atoms with Gasteiger partial charge in [0.1, 0.15) is 0 Å². The van der Waals surface area contributed by atoms with Crippen molar-refractivity contribution in [2.45, 2.75) is 45.6 Å². The normalized spacial score (nSPS) is 18.3. The maximum absolute atomic E-state index is 3.51. The van der Waals surface area contributed by atoms with E-state index in [-0.39, 0.29) is 0 Å². The zero-order valence-corrected chi connectivity index (χ0v) is 7.19. The largest absolute Gasteiger partial charge is 0.314 e. The monoisotopic (exact) mass is 141 g/mol. The van der Waals surface area contributed by atoms with Crippen LogP contribution in [0, 0.1) is 5.92 Å².